The summed E-state index contributed by atoms with van der Waals surface area (Å²) >= 11 is 0. The Kier molecular flexibility index (Phi) is 7.36. The number of hydrogen-bond donors (Lipinski definition) is 2. The van der Waals surface area contributed by atoms with Gasteiger partial charge in [0.2, 0.25) is 17.8 Å². The van der Waals surface area contributed by atoms with Crippen LogP contribution in [0.1, 0.15) is 69.7 Å². The zero-order valence-corrected chi connectivity index (χ0v) is 16.3. The van der Waals surface area contributed by atoms with Gasteiger partial charge in [0.15, 0.2) is 0 Å². The van der Waals surface area contributed by atoms with Gasteiger partial charge in [-0.3, -0.25) is 9.59 Å². The molecule has 0 aliphatic heterocycles. The molecule has 1 saturated carbocycles. The molecule has 1 aliphatic carbocycles. The fraction of sp³-hybridized carbons (Fsp3) is 0.684. The largest absolute Gasteiger partial charge is 0.356 e. The van der Waals surface area contributed by atoms with E-state index in [0.717, 1.165) is 17.2 Å². The second kappa shape index (κ2) is 9.50. The Morgan fingerprint density at radius 3 is 2.62 bits per heavy atom. The summed E-state index contributed by atoms with van der Waals surface area (Å²) in [5, 5.41) is 5.56. The van der Waals surface area contributed by atoms with E-state index in [1.807, 2.05) is 20.0 Å². The number of carbonyl (C=O) groups is 2. The maximum absolute atomic E-state index is 12.0. The van der Waals surface area contributed by atoms with Gasteiger partial charge in [-0.25, -0.2) is 9.97 Å². The second-order valence-corrected chi connectivity index (χ2v) is 7.14. The van der Waals surface area contributed by atoms with E-state index in [1.54, 1.807) is 0 Å². The van der Waals surface area contributed by atoms with Crippen LogP contribution in [0.3, 0.4) is 0 Å². The molecule has 26 heavy (non-hydrogen) atoms. The summed E-state index contributed by atoms with van der Waals surface area (Å²) < 4.78 is 0. The monoisotopic (exact) mass is 361 g/mol. The lowest BCUT2D eigenvalue weighted by atomic mass is 9.95. The van der Waals surface area contributed by atoms with Gasteiger partial charge in [0.25, 0.3) is 0 Å². The molecule has 0 spiro atoms. The van der Waals surface area contributed by atoms with Crippen LogP contribution < -0.4 is 15.5 Å². The number of carbonyl (C=O) groups excluding carboxylic acids is 2. The Balaban J connectivity index is 1.95. The quantitative estimate of drug-likeness (QED) is 0.778. The van der Waals surface area contributed by atoms with Gasteiger partial charge in [0.1, 0.15) is 0 Å². The van der Waals surface area contributed by atoms with Crippen LogP contribution in [0.5, 0.6) is 0 Å². The Morgan fingerprint density at radius 1 is 1.31 bits per heavy atom. The Hall–Kier alpha value is -2.18. The fourth-order valence-electron chi connectivity index (χ4n) is 3.43. The molecule has 0 bridgehead atoms. The maximum Gasteiger partial charge on any atom is 0.225 e. The normalized spacial score (nSPS) is 16.0. The average Bonchev–Trinajstić information content (AvgIpc) is 2.61. The lowest BCUT2D eigenvalue weighted by Gasteiger charge is -2.31. The van der Waals surface area contributed by atoms with Crippen LogP contribution in [0.25, 0.3) is 0 Å². The summed E-state index contributed by atoms with van der Waals surface area (Å²) in [4.78, 5) is 34.2. The van der Waals surface area contributed by atoms with Crippen molar-refractivity contribution in [2.45, 2.75) is 71.4 Å². The SMILES string of the molecule is CC(=O)NCCC(=O)N[C@H](C)c1cnc(N(C)C2CCCCC2)nc1C. The predicted octanol–water partition coefficient (Wildman–Crippen LogP) is 2.26. The van der Waals surface area contributed by atoms with Crippen LogP contribution >= 0.6 is 0 Å². The molecule has 0 radical (unpaired) electrons. The summed E-state index contributed by atoms with van der Waals surface area (Å²) in [5.74, 6) is 0.518. The van der Waals surface area contributed by atoms with Gasteiger partial charge < -0.3 is 15.5 Å². The molecule has 1 aromatic rings. The van der Waals surface area contributed by atoms with Crippen molar-refractivity contribution in [2.24, 2.45) is 0 Å². The summed E-state index contributed by atoms with van der Waals surface area (Å²) in [7, 11) is 2.07. The zero-order chi connectivity index (χ0) is 19.1. The van der Waals surface area contributed by atoms with Gasteiger partial charge >= 0.3 is 0 Å². The molecule has 1 fully saturated rings. The Bertz CT molecular complexity index is 628. The molecule has 0 saturated heterocycles. The van der Waals surface area contributed by atoms with Crippen LogP contribution in [-0.4, -0.2) is 41.4 Å². The molecule has 2 N–H and O–H groups in total. The third-order valence-electron chi connectivity index (χ3n) is 5.01. The summed E-state index contributed by atoms with van der Waals surface area (Å²) in [6.45, 7) is 5.66. The zero-order valence-electron chi connectivity index (χ0n) is 16.3. The van der Waals surface area contributed by atoms with Gasteiger partial charge in [-0.05, 0) is 26.7 Å². The molecular weight excluding hydrogens is 330 g/mol. The number of aromatic nitrogens is 2. The van der Waals surface area contributed by atoms with Gasteiger partial charge in [-0.1, -0.05) is 19.3 Å². The molecule has 1 aromatic heterocycles. The summed E-state index contributed by atoms with van der Waals surface area (Å²) in [5.41, 5.74) is 1.80. The van der Waals surface area contributed by atoms with Crippen molar-refractivity contribution in [1.82, 2.24) is 20.6 Å². The van der Waals surface area contributed by atoms with Crippen molar-refractivity contribution >= 4 is 17.8 Å². The van der Waals surface area contributed by atoms with E-state index in [4.69, 9.17) is 0 Å². The molecule has 2 amide bonds. The van der Waals surface area contributed by atoms with E-state index in [-0.39, 0.29) is 24.3 Å². The van der Waals surface area contributed by atoms with Crippen molar-refractivity contribution in [3.8, 4) is 0 Å². The highest BCUT2D eigenvalue weighted by Gasteiger charge is 2.21. The van der Waals surface area contributed by atoms with Crippen molar-refractivity contribution in [1.29, 1.82) is 0 Å². The van der Waals surface area contributed by atoms with Crippen LogP contribution in [0.15, 0.2) is 6.20 Å². The first kappa shape index (κ1) is 20.1. The van der Waals surface area contributed by atoms with Crippen LogP contribution in [0, 0.1) is 6.92 Å². The molecule has 0 unspecified atom stereocenters. The number of anilines is 1. The lowest BCUT2D eigenvalue weighted by Crippen LogP contribution is -2.35. The average molecular weight is 361 g/mol. The van der Waals surface area contributed by atoms with Gasteiger partial charge in [-0.15, -0.1) is 0 Å². The molecule has 1 atom stereocenters. The van der Waals surface area contributed by atoms with Gasteiger partial charge in [0.05, 0.1) is 6.04 Å². The number of nitrogens with one attached hydrogen (secondary N) is 2. The Morgan fingerprint density at radius 2 is 2.00 bits per heavy atom. The molecule has 1 aliphatic rings. The topological polar surface area (TPSA) is 87.2 Å². The fourth-order valence-corrected chi connectivity index (χ4v) is 3.43. The van der Waals surface area contributed by atoms with E-state index in [9.17, 15) is 9.59 Å². The maximum atomic E-state index is 12.0. The lowest BCUT2D eigenvalue weighted by molar-refractivity contribution is -0.122. The van der Waals surface area contributed by atoms with Crippen molar-refractivity contribution in [2.75, 3.05) is 18.5 Å². The van der Waals surface area contributed by atoms with Crippen molar-refractivity contribution < 1.29 is 9.59 Å². The first-order valence-electron chi connectivity index (χ1n) is 9.48. The standard InChI is InChI=1S/C19H31N5O2/c1-13(22-18(26)10-11-20-15(3)25)17-12-21-19(23-14(17)2)24(4)16-8-6-5-7-9-16/h12-13,16H,5-11H2,1-4H3,(H,20,25)(H,22,26)/t13-/m1/s1. The first-order valence-corrected chi connectivity index (χ1v) is 9.48. The molecule has 0 aromatic carbocycles. The molecule has 2 rings (SSSR count). The Labute approximate surface area is 156 Å². The summed E-state index contributed by atoms with van der Waals surface area (Å²) in [6, 6.07) is 0.341. The minimum absolute atomic E-state index is 0.103. The number of amides is 2. The summed E-state index contributed by atoms with van der Waals surface area (Å²) in [6.07, 6.45) is 8.33. The number of aryl methyl sites for hydroxylation is 1. The van der Waals surface area contributed by atoms with Crippen molar-refractivity contribution in [3.05, 3.63) is 17.5 Å². The van der Waals surface area contributed by atoms with E-state index in [0.29, 0.717) is 12.6 Å². The highest BCUT2D eigenvalue weighted by molar-refractivity contribution is 5.78. The molecule has 7 nitrogen and oxygen atoms in total. The van der Waals surface area contributed by atoms with Gasteiger partial charge in [-0.2, -0.15) is 0 Å². The van der Waals surface area contributed by atoms with Crippen LogP contribution in [0.4, 0.5) is 5.95 Å². The highest BCUT2D eigenvalue weighted by atomic mass is 16.2. The van der Waals surface area contributed by atoms with Gasteiger partial charge in [0, 0.05) is 50.4 Å². The second-order valence-electron chi connectivity index (χ2n) is 7.14. The molecular formula is C19H31N5O2. The number of hydrogen-bond acceptors (Lipinski definition) is 5. The van der Waals surface area contributed by atoms with E-state index < -0.39 is 0 Å². The smallest absolute Gasteiger partial charge is 0.225 e. The van der Waals surface area contributed by atoms with Crippen LogP contribution in [-0.2, 0) is 9.59 Å². The van der Waals surface area contributed by atoms with Crippen LogP contribution in [0.2, 0.25) is 0 Å². The predicted molar refractivity (Wildman–Crippen MR) is 102 cm³/mol. The minimum atomic E-state index is -0.172. The number of rotatable bonds is 7. The third-order valence-corrected chi connectivity index (χ3v) is 5.01. The van der Waals surface area contributed by atoms with E-state index in [2.05, 4.69) is 32.5 Å². The third kappa shape index (κ3) is 5.68. The number of nitrogens with zero attached hydrogens (tertiary/aromatic N) is 3. The minimum Gasteiger partial charge on any atom is -0.356 e. The van der Waals surface area contributed by atoms with E-state index in [1.165, 1.54) is 39.0 Å². The van der Waals surface area contributed by atoms with Crippen molar-refractivity contribution in [3.63, 3.8) is 0 Å². The molecule has 1 heterocycles. The molecule has 7 heteroatoms. The molecule has 144 valence electrons. The first-order chi connectivity index (χ1) is 12.4. The highest BCUT2D eigenvalue weighted by Crippen LogP contribution is 2.25. The van der Waals surface area contributed by atoms with E-state index >= 15 is 0 Å².